The van der Waals surface area contributed by atoms with E-state index in [1.807, 2.05) is 0 Å². The molecule has 1 heterocycles. The van der Waals surface area contributed by atoms with E-state index in [0.29, 0.717) is 30.2 Å². The lowest BCUT2D eigenvalue weighted by Crippen LogP contribution is -2.02. The minimum Gasteiger partial charge on any atom is -0.476 e. The van der Waals surface area contributed by atoms with Crippen LogP contribution in [0.3, 0.4) is 0 Å². The van der Waals surface area contributed by atoms with Gasteiger partial charge in [-0.05, 0) is 6.92 Å². The molecule has 0 amide bonds. The first-order valence-corrected chi connectivity index (χ1v) is 4.20. The van der Waals surface area contributed by atoms with E-state index in [-0.39, 0.29) is 0 Å². The lowest BCUT2D eigenvalue weighted by Gasteiger charge is -2.03. The van der Waals surface area contributed by atoms with Crippen LogP contribution in [-0.2, 0) is 7.05 Å². The Kier molecular flexibility index (Phi) is 3.14. The highest BCUT2D eigenvalue weighted by Gasteiger charge is 2.13. The minimum atomic E-state index is 0.407. The molecule has 0 aliphatic heterocycles. The first-order valence-electron chi connectivity index (χ1n) is 4.20. The Bertz CT molecular complexity index is 406. The number of aryl methyl sites for hydroxylation is 2. The second-order valence-corrected chi connectivity index (χ2v) is 2.80. The highest BCUT2D eigenvalue weighted by molar-refractivity contribution is 5.41. The van der Waals surface area contributed by atoms with Gasteiger partial charge in [0.05, 0.1) is 5.69 Å². The summed E-state index contributed by atoms with van der Waals surface area (Å²) in [6.45, 7) is 2.18. The topological polar surface area (TPSA) is 50.8 Å². The molecular formula is C10H11N3O. The third-order valence-corrected chi connectivity index (χ3v) is 1.77. The highest BCUT2D eigenvalue weighted by Crippen LogP contribution is 2.19. The van der Waals surface area contributed by atoms with Crippen molar-refractivity contribution in [2.45, 2.75) is 13.3 Å². The van der Waals surface area contributed by atoms with Gasteiger partial charge in [-0.25, -0.2) is 4.68 Å². The van der Waals surface area contributed by atoms with Crippen LogP contribution >= 0.6 is 0 Å². The molecular weight excluding hydrogens is 178 g/mol. The van der Waals surface area contributed by atoms with Crippen molar-refractivity contribution < 1.29 is 4.74 Å². The van der Waals surface area contributed by atoms with Gasteiger partial charge in [0.25, 0.3) is 0 Å². The Balaban J connectivity index is 2.86. The van der Waals surface area contributed by atoms with Crippen molar-refractivity contribution in [3.05, 3.63) is 11.3 Å². The van der Waals surface area contributed by atoms with E-state index in [1.165, 1.54) is 0 Å². The summed E-state index contributed by atoms with van der Waals surface area (Å²) in [4.78, 5) is 0. The van der Waals surface area contributed by atoms with Crippen LogP contribution in [0, 0.1) is 30.6 Å². The zero-order valence-electron chi connectivity index (χ0n) is 8.24. The number of aromatic nitrogens is 2. The summed E-state index contributed by atoms with van der Waals surface area (Å²) in [6.07, 6.45) is 5.61. The molecule has 0 fully saturated rings. The van der Waals surface area contributed by atoms with Crippen molar-refractivity contribution in [2.75, 3.05) is 6.61 Å². The van der Waals surface area contributed by atoms with Gasteiger partial charge in [-0.15, -0.1) is 12.3 Å². The van der Waals surface area contributed by atoms with E-state index in [1.54, 1.807) is 18.7 Å². The van der Waals surface area contributed by atoms with Crippen LogP contribution in [0.1, 0.15) is 17.7 Å². The number of terminal acetylenes is 1. The first-order chi connectivity index (χ1) is 6.70. The van der Waals surface area contributed by atoms with Crippen LogP contribution in [0.5, 0.6) is 5.88 Å². The maximum Gasteiger partial charge on any atom is 0.230 e. The van der Waals surface area contributed by atoms with E-state index in [4.69, 9.17) is 16.4 Å². The van der Waals surface area contributed by atoms with E-state index in [0.717, 1.165) is 0 Å². The molecule has 0 radical (unpaired) electrons. The summed E-state index contributed by atoms with van der Waals surface area (Å²) in [5.74, 6) is 2.95. The number of nitrogens with zero attached hydrogens (tertiary/aromatic N) is 3. The zero-order chi connectivity index (χ0) is 10.6. The molecule has 0 bridgehead atoms. The molecule has 0 aliphatic carbocycles. The van der Waals surface area contributed by atoms with Crippen LogP contribution in [0.2, 0.25) is 0 Å². The third kappa shape index (κ3) is 1.86. The SMILES string of the molecule is C#CCCOc1c(C#N)c(C)nn1C. The van der Waals surface area contributed by atoms with Crippen molar-refractivity contribution >= 4 is 0 Å². The van der Waals surface area contributed by atoms with Crippen LogP contribution in [0.4, 0.5) is 0 Å². The summed E-state index contributed by atoms with van der Waals surface area (Å²) < 4.78 is 6.90. The molecule has 0 N–H and O–H groups in total. The smallest absolute Gasteiger partial charge is 0.230 e. The Labute approximate surface area is 83.1 Å². The highest BCUT2D eigenvalue weighted by atomic mass is 16.5. The molecule has 0 aliphatic rings. The maximum atomic E-state index is 8.85. The average Bonchev–Trinajstić information content (AvgIpc) is 2.42. The lowest BCUT2D eigenvalue weighted by molar-refractivity contribution is 0.297. The molecule has 4 heteroatoms. The molecule has 0 saturated carbocycles. The molecule has 0 saturated heterocycles. The fourth-order valence-electron chi connectivity index (χ4n) is 1.14. The Morgan fingerprint density at radius 1 is 1.64 bits per heavy atom. The van der Waals surface area contributed by atoms with Crippen molar-refractivity contribution in [3.8, 4) is 24.3 Å². The van der Waals surface area contributed by atoms with E-state index >= 15 is 0 Å². The normalized spacial score (nSPS) is 9.14. The van der Waals surface area contributed by atoms with Gasteiger partial charge in [0, 0.05) is 13.5 Å². The van der Waals surface area contributed by atoms with E-state index in [9.17, 15) is 0 Å². The fourth-order valence-corrected chi connectivity index (χ4v) is 1.14. The number of hydrogen-bond acceptors (Lipinski definition) is 3. The first kappa shape index (κ1) is 10.1. The summed E-state index contributed by atoms with van der Waals surface area (Å²) in [5, 5.41) is 12.9. The molecule has 0 unspecified atom stereocenters. The molecule has 1 aromatic rings. The predicted octanol–water partition coefficient (Wildman–Crippen LogP) is 1.00. The van der Waals surface area contributed by atoms with Crippen LogP contribution in [0.25, 0.3) is 0 Å². The third-order valence-electron chi connectivity index (χ3n) is 1.77. The number of ether oxygens (including phenoxy) is 1. The number of rotatable bonds is 3. The van der Waals surface area contributed by atoms with Crippen molar-refractivity contribution in [1.82, 2.24) is 9.78 Å². The number of hydrogen-bond donors (Lipinski definition) is 0. The van der Waals surface area contributed by atoms with Gasteiger partial charge in [0.2, 0.25) is 5.88 Å². The second-order valence-electron chi connectivity index (χ2n) is 2.80. The standard InChI is InChI=1S/C10H11N3O/c1-4-5-6-14-10-9(7-11)8(2)12-13(10)3/h1H,5-6H2,2-3H3. The molecule has 0 aromatic carbocycles. The summed E-state index contributed by atoms with van der Waals surface area (Å²) in [6, 6.07) is 2.05. The van der Waals surface area contributed by atoms with Gasteiger partial charge >= 0.3 is 0 Å². The molecule has 0 spiro atoms. The van der Waals surface area contributed by atoms with Gasteiger partial charge in [0.1, 0.15) is 18.2 Å². The molecule has 1 aromatic heterocycles. The Morgan fingerprint density at radius 3 is 2.93 bits per heavy atom. The van der Waals surface area contributed by atoms with Crippen LogP contribution in [0.15, 0.2) is 0 Å². The van der Waals surface area contributed by atoms with Crippen molar-refractivity contribution in [3.63, 3.8) is 0 Å². The van der Waals surface area contributed by atoms with Crippen LogP contribution in [-0.4, -0.2) is 16.4 Å². The summed E-state index contributed by atoms with van der Waals surface area (Å²) in [5.41, 5.74) is 1.15. The quantitative estimate of drug-likeness (QED) is 0.526. The van der Waals surface area contributed by atoms with Gasteiger partial charge in [-0.3, -0.25) is 0 Å². The van der Waals surface area contributed by atoms with E-state index < -0.39 is 0 Å². The molecule has 14 heavy (non-hydrogen) atoms. The van der Waals surface area contributed by atoms with E-state index in [2.05, 4.69) is 17.1 Å². The predicted molar refractivity (Wildman–Crippen MR) is 51.6 cm³/mol. The van der Waals surface area contributed by atoms with Crippen LogP contribution < -0.4 is 4.74 Å². The second kappa shape index (κ2) is 4.34. The van der Waals surface area contributed by atoms with Gasteiger partial charge in [-0.1, -0.05) is 0 Å². The monoisotopic (exact) mass is 189 g/mol. The van der Waals surface area contributed by atoms with Gasteiger partial charge in [0.15, 0.2) is 0 Å². The minimum absolute atomic E-state index is 0.407. The average molecular weight is 189 g/mol. The largest absolute Gasteiger partial charge is 0.476 e. The zero-order valence-corrected chi connectivity index (χ0v) is 8.24. The lowest BCUT2D eigenvalue weighted by atomic mass is 10.3. The summed E-state index contributed by atoms with van der Waals surface area (Å²) in [7, 11) is 1.74. The molecule has 4 nitrogen and oxygen atoms in total. The Hall–Kier alpha value is -1.94. The fraction of sp³-hybridized carbons (Fsp3) is 0.400. The molecule has 0 atom stereocenters. The van der Waals surface area contributed by atoms with Gasteiger partial charge in [-0.2, -0.15) is 10.4 Å². The number of nitriles is 1. The maximum absolute atomic E-state index is 8.85. The van der Waals surface area contributed by atoms with Crippen molar-refractivity contribution in [2.24, 2.45) is 7.05 Å². The summed E-state index contributed by atoms with van der Waals surface area (Å²) >= 11 is 0. The van der Waals surface area contributed by atoms with Crippen molar-refractivity contribution in [1.29, 1.82) is 5.26 Å². The molecule has 72 valence electrons. The Morgan fingerprint density at radius 2 is 2.36 bits per heavy atom. The van der Waals surface area contributed by atoms with Gasteiger partial charge < -0.3 is 4.74 Å². The molecule has 1 rings (SSSR count).